The summed E-state index contributed by atoms with van der Waals surface area (Å²) < 4.78 is 10.1. The molecule has 2 rings (SSSR count). The number of hydrogen-bond acceptors (Lipinski definition) is 4. The van der Waals surface area contributed by atoms with Gasteiger partial charge in [0.1, 0.15) is 5.75 Å². The molecule has 1 aromatic carbocycles. The Hall–Kier alpha value is -2.04. The molecule has 1 unspecified atom stereocenters. The zero-order valence-corrected chi connectivity index (χ0v) is 13.4. The fraction of sp³-hybridized carbons (Fsp3) is 0.529. The van der Waals surface area contributed by atoms with Crippen molar-refractivity contribution in [3.63, 3.8) is 0 Å². The van der Waals surface area contributed by atoms with E-state index in [9.17, 15) is 9.59 Å². The van der Waals surface area contributed by atoms with E-state index in [0.717, 1.165) is 18.6 Å². The molecule has 22 heavy (non-hydrogen) atoms. The zero-order valence-electron chi connectivity index (χ0n) is 13.4. The summed E-state index contributed by atoms with van der Waals surface area (Å²) in [6.07, 6.45) is 1.99. The first kappa shape index (κ1) is 16.3. The van der Waals surface area contributed by atoms with Gasteiger partial charge in [-0.2, -0.15) is 0 Å². The summed E-state index contributed by atoms with van der Waals surface area (Å²) in [6.45, 7) is 4.34. The topological polar surface area (TPSA) is 55.8 Å². The summed E-state index contributed by atoms with van der Waals surface area (Å²) in [7, 11) is 1.59. The first-order valence-corrected chi connectivity index (χ1v) is 7.68. The van der Waals surface area contributed by atoms with Gasteiger partial charge >= 0.3 is 5.97 Å². The summed E-state index contributed by atoms with van der Waals surface area (Å²) in [5, 5.41) is 0. The summed E-state index contributed by atoms with van der Waals surface area (Å²) in [5.41, 5.74) is 0.615. The second-order valence-corrected chi connectivity index (χ2v) is 5.57. The third-order valence-corrected chi connectivity index (χ3v) is 3.75. The number of rotatable bonds is 7. The molecule has 5 heteroatoms. The van der Waals surface area contributed by atoms with Gasteiger partial charge in [-0.25, -0.2) is 0 Å². The van der Waals surface area contributed by atoms with Gasteiger partial charge in [-0.1, -0.05) is 6.92 Å². The van der Waals surface area contributed by atoms with E-state index in [1.165, 1.54) is 0 Å². The molecule has 1 saturated carbocycles. The highest BCUT2D eigenvalue weighted by Crippen LogP contribution is 2.29. The van der Waals surface area contributed by atoms with Gasteiger partial charge in [0.05, 0.1) is 19.6 Å². The molecule has 0 bridgehead atoms. The largest absolute Gasteiger partial charge is 0.497 e. The first-order chi connectivity index (χ1) is 10.6. The Morgan fingerprint density at radius 3 is 2.41 bits per heavy atom. The average Bonchev–Trinajstić information content (AvgIpc) is 3.36. The Balaban J connectivity index is 2.06. The maximum Gasteiger partial charge on any atom is 0.310 e. The predicted molar refractivity (Wildman–Crippen MR) is 82.8 cm³/mol. The number of nitrogens with zero attached hydrogens (tertiary/aromatic N) is 1. The van der Waals surface area contributed by atoms with Gasteiger partial charge in [-0.15, -0.1) is 0 Å². The SMILES string of the molecule is CCOC(=O)C(C)CN(C(=O)c1ccc(OC)cc1)C1CC1. The van der Waals surface area contributed by atoms with Crippen molar-refractivity contribution in [3.05, 3.63) is 29.8 Å². The Bertz CT molecular complexity index is 522. The Morgan fingerprint density at radius 1 is 1.27 bits per heavy atom. The van der Waals surface area contributed by atoms with Crippen LogP contribution in [0.5, 0.6) is 5.75 Å². The monoisotopic (exact) mass is 305 g/mol. The van der Waals surface area contributed by atoms with Crippen LogP contribution in [0.15, 0.2) is 24.3 Å². The normalized spacial score (nSPS) is 15.0. The van der Waals surface area contributed by atoms with Crippen LogP contribution in [-0.2, 0) is 9.53 Å². The molecule has 1 fully saturated rings. The van der Waals surface area contributed by atoms with Gasteiger partial charge in [-0.05, 0) is 44.0 Å². The van der Waals surface area contributed by atoms with Crippen LogP contribution in [0.2, 0.25) is 0 Å². The highest BCUT2D eigenvalue weighted by molar-refractivity contribution is 5.95. The molecule has 0 saturated heterocycles. The summed E-state index contributed by atoms with van der Waals surface area (Å²) >= 11 is 0. The molecule has 0 aromatic heterocycles. The van der Waals surface area contributed by atoms with E-state index >= 15 is 0 Å². The van der Waals surface area contributed by atoms with E-state index in [0.29, 0.717) is 18.7 Å². The third kappa shape index (κ3) is 4.00. The number of esters is 1. The highest BCUT2D eigenvalue weighted by atomic mass is 16.5. The smallest absolute Gasteiger partial charge is 0.310 e. The van der Waals surface area contributed by atoms with Crippen molar-refractivity contribution in [1.29, 1.82) is 0 Å². The molecule has 1 aliphatic rings. The highest BCUT2D eigenvalue weighted by Gasteiger charge is 2.35. The van der Waals surface area contributed by atoms with Crippen molar-refractivity contribution >= 4 is 11.9 Å². The average molecular weight is 305 g/mol. The summed E-state index contributed by atoms with van der Waals surface area (Å²) in [4.78, 5) is 26.3. The lowest BCUT2D eigenvalue weighted by atomic mass is 10.1. The number of methoxy groups -OCH3 is 1. The van der Waals surface area contributed by atoms with Crippen molar-refractivity contribution in [1.82, 2.24) is 4.90 Å². The van der Waals surface area contributed by atoms with E-state index in [1.54, 1.807) is 50.1 Å². The lowest BCUT2D eigenvalue weighted by Gasteiger charge is -2.25. The molecule has 5 nitrogen and oxygen atoms in total. The molecule has 1 atom stereocenters. The van der Waals surface area contributed by atoms with Gasteiger partial charge in [0, 0.05) is 18.2 Å². The van der Waals surface area contributed by atoms with Crippen molar-refractivity contribution in [2.45, 2.75) is 32.7 Å². The molecule has 1 amide bonds. The maximum absolute atomic E-state index is 12.7. The van der Waals surface area contributed by atoms with Crippen LogP contribution >= 0.6 is 0 Å². The van der Waals surface area contributed by atoms with Crippen molar-refractivity contribution < 1.29 is 19.1 Å². The van der Waals surface area contributed by atoms with Gasteiger partial charge < -0.3 is 14.4 Å². The molecule has 120 valence electrons. The van der Waals surface area contributed by atoms with Crippen LogP contribution < -0.4 is 4.74 Å². The molecule has 0 radical (unpaired) electrons. The number of carbonyl (C=O) groups excluding carboxylic acids is 2. The standard InChI is InChI=1S/C17H23NO4/c1-4-22-17(20)12(2)11-18(14-7-8-14)16(19)13-5-9-15(21-3)10-6-13/h5-6,9-10,12,14H,4,7-8,11H2,1-3H3. The Kier molecular flexibility index (Phi) is 5.41. The minimum Gasteiger partial charge on any atom is -0.497 e. The number of amides is 1. The molecular weight excluding hydrogens is 282 g/mol. The number of carbonyl (C=O) groups is 2. The van der Waals surface area contributed by atoms with Crippen LogP contribution in [0, 0.1) is 5.92 Å². The molecule has 0 heterocycles. The molecular formula is C17H23NO4. The fourth-order valence-corrected chi connectivity index (χ4v) is 2.34. The molecule has 0 aliphatic heterocycles. The molecule has 1 aliphatic carbocycles. The first-order valence-electron chi connectivity index (χ1n) is 7.68. The lowest BCUT2D eigenvalue weighted by Crippen LogP contribution is -2.39. The van der Waals surface area contributed by atoms with Crippen LogP contribution in [0.1, 0.15) is 37.0 Å². The van der Waals surface area contributed by atoms with E-state index in [4.69, 9.17) is 9.47 Å². The Morgan fingerprint density at radius 2 is 1.91 bits per heavy atom. The van der Waals surface area contributed by atoms with Crippen LogP contribution in [0.3, 0.4) is 0 Å². The van der Waals surface area contributed by atoms with Crippen LogP contribution in [0.4, 0.5) is 0 Å². The molecule has 1 aromatic rings. The van der Waals surface area contributed by atoms with Gasteiger partial charge in [0.2, 0.25) is 0 Å². The maximum atomic E-state index is 12.7. The van der Waals surface area contributed by atoms with Crippen molar-refractivity contribution in [2.75, 3.05) is 20.3 Å². The molecule has 0 spiro atoms. The quantitative estimate of drug-likeness (QED) is 0.726. The van der Waals surface area contributed by atoms with Gasteiger partial charge in [-0.3, -0.25) is 9.59 Å². The van der Waals surface area contributed by atoms with Gasteiger partial charge in [0.15, 0.2) is 0 Å². The third-order valence-electron chi connectivity index (χ3n) is 3.75. The van der Waals surface area contributed by atoms with Crippen molar-refractivity contribution in [2.24, 2.45) is 5.92 Å². The fourth-order valence-electron chi connectivity index (χ4n) is 2.34. The van der Waals surface area contributed by atoms with Gasteiger partial charge in [0.25, 0.3) is 5.91 Å². The minimum absolute atomic E-state index is 0.0405. The lowest BCUT2D eigenvalue weighted by molar-refractivity contribution is -0.147. The Labute approximate surface area is 131 Å². The summed E-state index contributed by atoms with van der Waals surface area (Å²) in [5.74, 6) is 0.106. The van der Waals surface area contributed by atoms with Crippen LogP contribution in [-0.4, -0.2) is 43.1 Å². The van der Waals surface area contributed by atoms with E-state index in [2.05, 4.69) is 0 Å². The predicted octanol–water partition coefficient (Wildman–Crippen LogP) is 2.50. The second kappa shape index (κ2) is 7.29. The number of benzene rings is 1. The number of hydrogen-bond donors (Lipinski definition) is 0. The van der Waals surface area contributed by atoms with E-state index in [1.807, 2.05) is 0 Å². The number of ether oxygens (including phenoxy) is 2. The summed E-state index contributed by atoms with van der Waals surface area (Å²) in [6, 6.07) is 7.30. The minimum atomic E-state index is -0.317. The molecule has 0 N–H and O–H groups in total. The van der Waals surface area contributed by atoms with E-state index < -0.39 is 0 Å². The van der Waals surface area contributed by atoms with Crippen LogP contribution in [0.25, 0.3) is 0 Å². The zero-order chi connectivity index (χ0) is 16.1. The second-order valence-electron chi connectivity index (χ2n) is 5.57. The van der Waals surface area contributed by atoms with Crippen molar-refractivity contribution in [3.8, 4) is 5.75 Å². The van der Waals surface area contributed by atoms with E-state index in [-0.39, 0.29) is 23.8 Å².